The number of fused-ring (bicyclic) bond motifs is 1. The summed E-state index contributed by atoms with van der Waals surface area (Å²) in [6.45, 7) is 4.00. The average molecular weight is 325 g/mol. The topological polar surface area (TPSA) is 92.7 Å². The van der Waals surface area contributed by atoms with Crippen LogP contribution in [0.3, 0.4) is 0 Å². The van der Waals surface area contributed by atoms with Crippen LogP contribution in [0.1, 0.15) is 35.7 Å². The number of aromatic amines is 1. The molecule has 0 unspecified atom stereocenters. The van der Waals surface area contributed by atoms with Gasteiger partial charge in [0.05, 0.1) is 22.5 Å². The van der Waals surface area contributed by atoms with Gasteiger partial charge in [-0.05, 0) is 18.9 Å². The molecule has 0 atom stereocenters. The van der Waals surface area contributed by atoms with Gasteiger partial charge in [0.1, 0.15) is 0 Å². The van der Waals surface area contributed by atoms with Crippen LogP contribution in [0, 0.1) is 0 Å². The lowest BCUT2D eigenvalue weighted by Crippen LogP contribution is -2.20. The molecule has 0 fully saturated rings. The Morgan fingerprint density at radius 2 is 1.92 bits per heavy atom. The smallest absolute Gasteiger partial charge is 0.276 e. The monoisotopic (exact) mass is 325 g/mol. The van der Waals surface area contributed by atoms with Crippen molar-refractivity contribution in [1.29, 1.82) is 0 Å². The molecule has 24 heavy (non-hydrogen) atoms. The summed E-state index contributed by atoms with van der Waals surface area (Å²) < 4.78 is 1.78. The molecule has 124 valence electrons. The Kier molecular flexibility index (Phi) is 4.16. The Bertz CT molecular complexity index is 971. The second kappa shape index (κ2) is 6.27. The number of hydrogen-bond donors (Lipinski definition) is 2. The van der Waals surface area contributed by atoms with Crippen LogP contribution in [0.2, 0.25) is 0 Å². The summed E-state index contributed by atoms with van der Waals surface area (Å²) in [7, 11) is 1.86. The van der Waals surface area contributed by atoms with E-state index < -0.39 is 0 Å². The fourth-order valence-electron chi connectivity index (χ4n) is 2.88. The molecule has 0 saturated carbocycles. The number of nitrogens with zero attached hydrogens (tertiary/aromatic N) is 3. The molecule has 0 spiro atoms. The van der Waals surface area contributed by atoms with E-state index >= 15 is 0 Å². The maximum Gasteiger partial charge on any atom is 0.276 e. The Labute approximate surface area is 138 Å². The number of amides is 1. The summed E-state index contributed by atoms with van der Waals surface area (Å²) in [5.41, 5.74) is 2.39. The quantitative estimate of drug-likeness (QED) is 0.767. The van der Waals surface area contributed by atoms with E-state index in [9.17, 15) is 9.59 Å². The minimum absolute atomic E-state index is 0.193. The van der Waals surface area contributed by atoms with Crippen molar-refractivity contribution < 1.29 is 4.79 Å². The van der Waals surface area contributed by atoms with Crippen molar-refractivity contribution in [3.8, 4) is 0 Å². The minimum Gasteiger partial charge on any atom is -0.317 e. The SMILES string of the molecule is CCc1nn(C)c(CC)c1NC(=O)c1n[nH]c(=O)c2ccccc12. The zero-order valence-electron chi connectivity index (χ0n) is 13.9. The maximum atomic E-state index is 12.8. The third-order valence-corrected chi connectivity index (χ3v) is 4.06. The molecule has 0 saturated heterocycles. The highest BCUT2D eigenvalue weighted by molar-refractivity contribution is 6.11. The fraction of sp³-hybridized carbons (Fsp3) is 0.294. The Hall–Kier alpha value is -2.96. The summed E-state index contributed by atoms with van der Waals surface area (Å²) >= 11 is 0. The van der Waals surface area contributed by atoms with Gasteiger partial charge in [-0.3, -0.25) is 14.3 Å². The van der Waals surface area contributed by atoms with Crippen molar-refractivity contribution in [1.82, 2.24) is 20.0 Å². The van der Waals surface area contributed by atoms with Crippen molar-refractivity contribution in [3.63, 3.8) is 0 Å². The highest BCUT2D eigenvalue weighted by atomic mass is 16.2. The second-order valence-electron chi connectivity index (χ2n) is 5.50. The van der Waals surface area contributed by atoms with Crippen LogP contribution in [-0.4, -0.2) is 25.9 Å². The van der Waals surface area contributed by atoms with Crippen LogP contribution >= 0.6 is 0 Å². The number of aromatic nitrogens is 4. The van der Waals surface area contributed by atoms with Crippen molar-refractivity contribution in [3.05, 3.63) is 51.7 Å². The highest BCUT2D eigenvalue weighted by Gasteiger charge is 2.19. The molecule has 0 bridgehead atoms. The van der Waals surface area contributed by atoms with Crippen LogP contribution in [-0.2, 0) is 19.9 Å². The number of aryl methyl sites for hydroxylation is 2. The van der Waals surface area contributed by atoms with E-state index in [1.807, 2.05) is 20.9 Å². The zero-order chi connectivity index (χ0) is 17.3. The fourth-order valence-corrected chi connectivity index (χ4v) is 2.88. The van der Waals surface area contributed by atoms with Crippen LogP contribution in [0.4, 0.5) is 5.69 Å². The van der Waals surface area contributed by atoms with E-state index in [2.05, 4.69) is 20.6 Å². The van der Waals surface area contributed by atoms with E-state index in [1.54, 1.807) is 28.9 Å². The molecule has 2 aromatic heterocycles. The van der Waals surface area contributed by atoms with Crippen molar-refractivity contribution in [2.24, 2.45) is 7.05 Å². The Morgan fingerprint density at radius 3 is 2.58 bits per heavy atom. The van der Waals surface area contributed by atoms with E-state index in [0.29, 0.717) is 17.2 Å². The van der Waals surface area contributed by atoms with Gasteiger partial charge in [0, 0.05) is 12.4 Å². The van der Waals surface area contributed by atoms with Gasteiger partial charge in [-0.2, -0.15) is 10.2 Å². The number of carbonyl (C=O) groups is 1. The summed E-state index contributed by atoms with van der Waals surface area (Å²) in [4.78, 5) is 24.6. The molecule has 3 aromatic rings. The lowest BCUT2D eigenvalue weighted by molar-refractivity contribution is 0.102. The first-order valence-electron chi connectivity index (χ1n) is 7.90. The first-order valence-corrected chi connectivity index (χ1v) is 7.90. The van der Waals surface area contributed by atoms with Gasteiger partial charge in [0.25, 0.3) is 11.5 Å². The van der Waals surface area contributed by atoms with Gasteiger partial charge < -0.3 is 5.32 Å². The summed E-state index contributed by atoms with van der Waals surface area (Å²) in [5, 5.41) is 14.7. The van der Waals surface area contributed by atoms with Gasteiger partial charge in [0.15, 0.2) is 5.69 Å². The largest absolute Gasteiger partial charge is 0.317 e. The predicted molar refractivity (Wildman–Crippen MR) is 92.3 cm³/mol. The average Bonchev–Trinajstić information content (AvgIpc) is 2.90. The Balaban J connectivity index is 2.06. The molecule has 0 radical (unpaired) electrons. The molecule has 2 N–H and O–H groups in total. The minimum atomic E-state index is -0.361. The number of benzene rings is 1. The summed E-state index contributed by atoms with van der Waals surface area (Å²) in [6.07, 6.45) is 1.46. The summed E-state index contributed by atoms with van der Waals surface area (Å²) in [6, 6.07) is 6.92. The number of anilines is 1. The van der Waals surface area contributed by atoms with Crippen LogP contribution in [0.25, 0.3) is 10.8 Å². The van der Waals surface area contributed by atoms with Crippen molar-refractivity contribution in [2.45, 2.75) is 26.7 Å². The lowest BCUT2D eigenvalue weighted by Gasteiger charge is -2.08. The highest BCUT2D eigenvalue weighted by Crippen LogP contribution is 2.23. The molecule has 1 amide bonds. The first-order chi connectivity index (χ1) is 11.6. The maximum absolute atomic E-state index is 12.8. The molecule has 0 aliphatic rings. The van der Waals surface area contributed by atoms with Crippen LogP contribution in [0.5, 0.6) is 0 Å². The van der Waals surface area contributed by atoms with Gasteiger partial charge in [0.2, 0.25) is 0 Å². The molecule has 3 rings (SSSR count). The first kappa shape index (κ1) is 15.9. The number of nitrogens with one attached hydrogen (secondary N) is 2. The molecular weight excluding hydrogens is 306 g/mol. The van der Waals surface area contributed by atoms with Gasteiger partial charge in [-0.15, -0.1) is 0 Å². The molecule has 7 nitrogen and oxygen atoms in total. The summed E-state index contributed by atoms with van der Waals surface area (Å²) in [5.74, 6) is -0.361. The van der Waals surface area contributed by atoms with Crippen LogP contribution < -0.4 is 10.9 Å². The third-order valence-electron chi connectivity index (χ3n) is 4.06. The van der Waals surface area contributed by atoms with E-state index in [1.165, 1.54) is 0 Å². The predicted octanol–water partition coefficient (Wildman–Crippen LogP) is 2.03. The molecule has 0 aliphatic carbocycles. The standard InChI is InChI=1S/C17H19N5O2/c1-4-12-15(13(5-2)22(3)21-12)18-17(24)14-10-8-6-7-9-11(10)16(23)20-19-14/h6-9H,4-5H2,1-3H3,(H,18,24)(H,20,23). The number of rotatable bonds is 4. The van der Waals surface area contributed by atoms with E-state index in [-0.39, 0.29) is 17.2 Å². The third kappa shape index (κ3) is 2.58. The van der Waals surface area contributed by atoms with Gasteiger partial charge in [-0.1, -0.05) is 32.0 Å². The van der Waals surface area contributed by atoms with Gasteiger partial charge >= 0.3 is 0 Å². The van der Waals surface area contributed by atoms with E-state index in [0.717, 1.165) is 23.5 Å². The number of carbonyl (C=O) groups excluding carboxylic acids is 1. The molecule has 0 aliphatic heterocycles. The van der Waals surface area contributed by atoms with Crippen molar-refractivity contribution >= 4 is 22.4 Å². The second-order valence-corrected chi connectivity index (χ2v) is 5.50. The normalized spacial score (nSPS) is 11.0. The van der Waals surface area contributed by atoms with Crippen molar-refractivity contribution in [2.75, 3.05) is 5.32 Å². The Morgan fingerprint density at radius 1 is 1.21 bits per heavy atom. The zero-order valence-corrected chi connectivity index (χ0v) is 13.9. The lowest BCUT2D eigenvalue weighted by atomic mass is 10.1. The van der Waals surface area contributed by atoms with E-state index in [4.69, 9.17) is 0 Å². The number of H-pyrrole nitrogens is 1. The van der Waals surface area contributed by atoms with Gasteiger partial charge in [-0.25, -0.2) is 5.10 Å². The molecular formula is C17H19N5O2. The van der Waals surface area contributed by atoms with Crippen LogP contribution in [0.15, 0.2) is 29.1 Å². The molecule has 2 heterocycles. The molecule has 1 aromatic carbocycles. The molecule has 7 heteroatoms. The number of hydrogen-bond acceptors (Lipinski definition) is 4.